The average molecular weight is 235 g/mol. The summed E-state index contributed by atoms with van der Waals surface area (Å²) >= 11 is 0. The number of rotatable bonds is 8. The van der Waals surface area contributed by atoms with Crippen LogP contribution in [0.2, 0.25) is 0 Å². The van der Waals surface area contributed by atoms with Crippen LogP contribution in [0.5, 0.6) is 5.75 Å². The highest BCUT2D eigenvalue weighted by Crippen LogP contribution is 2.12. The van der Waals surface area contributed by atoms with Gasteiger partial charge in [-0.25, -0.2) is 0 Å². The van der Waals surface area contributed by atoms with Crippen molar-refractivity contribution in [3.63, 3.8) is 0 Å². The largest absolute Gasteiger partial charge is 0.494 e. The SMILES string of the molecule is CCCCNCC(=O)c1ccc(OCC)cc1. The second-order valence-corrected chi connectivity index (χ2v) is 3.91. The summed E-state index contributed by atoms with van der Waals surface area (Å²) in [6.45, 7) is 6.03. The lowest BCUT2D eigenvalue weighted by Gasteiger charge is -2.05. The van der Waals surface area contributed by atoms with Gasteiger partial charge in [0.1, 0.15) is 5.75 Å². The van der Waals surface area contributed by atoms with Gasteiger partial charge in [0.2, 0.25) is 0 Å². The van der Waals surface area contributed by atoms with Gasteiger partial charge in [-0.15, -0.1) is 0 Å². The summed E-state index contributed by atoms with van der Waals surface area (Å²) in [6, 6.07) is 7.30. The van der Waals surface area contributed by atoms with Crippen molar-refractivity contribution >= 4 is 5.78 Å². The molecule has 0 aliphatic rings. The molecule has 17 heavy (non-hydrogen) atoms. The molecule has 0 fully saturated rings. The smallest absolute Gasteiger partial charge is 0.176 e. The van der Waals surface area contributed by atoms with Gasteiger partial charge >= 0.3 is 0 Å². The molecule has 0 atom stereocenters. The van der Waals surface area contributed by atoms with Gasteiger partial charge in [0.25, 0.3) is 0 Å². The third-order valence-corrected chi connectivity index (χ3v) is 2.48. The van der Waals surface area contributed by atoms with Crippen molar-refractivity contribution in [2.75, 3.05) is 19.7 Å². The lowest BCUT2D eigenvalue weighted by molar-refractivity contribution is 0.0991. The minimum atomic E-state index is 0.129. The fraction of sp³-hybridized carbons (Fsp3) is 0.500. The van der Waals surface area contributed by atoms with Crippen molar-refractivity contribution in [2.24, 2.45) is 0 Å². The van der Waals surface area contributed by atoms with Gasteiger partial charge in [0.05, 0.1) is 13.2 Å². The van der Waals surface area contributed by atoms with Crippen molar-refractivity contribution in [1.29, 1.82) is 0 Å². The highest BCUT2D eigenvalue weighted by molar-refractivity contribution is 5.97. The van der Waals surface area contributed by atoms with Crippen LogP contribution in [0, 0.1) is 0 Å². The van der Waals surface area contributed by atoms with Crippen molar-refractivity contribution in [2.45, 2.75) is 26.7 Å². The van der Waals surface area contributed by atoms with Crippen molar-refractivity contribution in [1.82, 2.24) is 5.32 Å². The molecule has 1 aromatic rings. The molecular weight excluding hydrogens is 214 g/mol. The number of Topliss-reactive ketones (excluding diaryl/α,β-unsaturated/α-hetero) is 1. The van der Waals surface area contributed by atoms with Crippen molar-refractivity contribution < 1.29 is 9.53 Å². The van der Waals surface area contributed by atoms with Crippen LogP contribution < -0.4 is 10.1 Å². The first-order valence-electron chi connectivity index (χ1n) is 6.24. The Labute approximate surface area is 103 Å². The highest BCUT2D eigenvalue weighted by Gasteiger charge is 2.04. The van der Waals surface area contributed by atoms with Gasteiger partial charge in [0, 0.05) is 5.56 Å². The maximum absolute atomic E-state index is 11.8. The summed E-state index contributed by atoms with van der Waals surface area (Å²) in [5, 5.41) is 3.14. The molecule has 0 spiro atoms. The summed E-state index contributed by atoms with van der Waals surface area (Å²) in [5.74, 6) is 0.937. The normalized spacial score (nSPS) is 10.2. The van der Waals surface area contributed by atoms with E-state index in [0.29, 0.717) is 13.2 Å². The Balaban J connectivity index is 2.40. The Morgan fingerprint density at radius 2 is 1.94 bits per heavy atom. The Kier molecular flexibility index (Phi) is 6.33. The van der Waals surface area contributed by atoms with Gasteiger partial charge in [-0.3, -0.25) is 4.79 Å². The number of carbonyl (C=O) groups is 1. The Morgan fingerprint density at radius 3 is 2.53 bits per heavy atom. The molecule has 0 radical (unpaired) electrons. The molecule has 3 heteroatoms. The van der Waals surface area contributed by atoms with E-state index in [1.54, 1.807) is 0 Å². The van der Waals surface area contributed by atoms with Crippen molar-refractivity contribution in [3.05, 3.63) is 29.8 Å². The van der Waals surface area contributed by atoms with Crippen LogP contribution in [-0.2, 0) is 0 Å². The van der Waals surface area contributed by atoms with Gasteiger partial charge in [-0.2, -0.15) is 0 Å². The summed E-state index contributed by atoms with van der Waals surface area (Å²) < 4.78 is 5.33. The summed E-state index contributed by atoms with van der Waals surface area (Å²) in [7, 11) is 0. The molecule has 1 aromatic carbocycles. The summed E-state index contributed by atoms with van der Waals surface area (Å²) in [4.78, 5) is 11.8. The second-order valence-electron chi connectivity index (χ2n) is 3.91. The number of ether oxygens (including phenoxy) is 1. The molecular formula is C14H21NO2. The summed E-state index contributed by atoms with van der Waals surface area (Å²) in [5.41, 5.74) is 0.734. The van der Waals surface area contributed by atoms with E-state index in [0.717, 1.165) is 30.7 Å². The van der Waals surface area contributed by atoms with E-state index in [2.05, 4.69) is 12.2 Å². The number of unbranched alkanes of at least 4 members (excludes halogenated alkanes) is 1. The number of ketones is 1. The van der Waals surface area contributed by atoms with Gasteiger partial charge in [-0.05, 0) is 44.2 Å². The van der Waals surface area contributed by atoms with Crippen LogP contribution in [0.15, 0.2) is 24.3 Å². The van der Waals surface area contributed by atoms with Gasteiger partial charge in [0.15, 0.2) is 5.78 Å². The number of hydrogen-bond acceptors (Lipinski definition) is 3. The minimum absolute atomic E-state index is 0.129. The molecule has 0 saturated carbocycles. The minimum Gasteiger partial charge on any atom is -0.494 e. The maximum Gasteiger partial charge on any atom is 0.176 e. The number of benzene rings is 1. The number of carbonyl (C=O) groups excluding carboxylic acids is 1. The van der Waals surface area contributed by atoms with Gasteiger partial charge < -0.3 is 10.1 Å². The number of hydrogen-bond donors (Lipinski definition) is 1. The molecule has 0 heterocycles. The lowest BCUT2D eigenvalue weighted by atomic mass is 10.1. The van der Waals surface area contributed by atoms with Crippen molar-refractivity contribution in [3.8, 4) is 5.75 Å². The predicted molar refractivity (Wildman–Crippen MR) is 69.7 cm³/mol. The quantitative estimate of drug-likeness (QED) is 0.556. The van der Waals surface area contributed by atoms with E-state index in [1.807, 2.05) is 31.2 Å². The third-order valence-electron chi connectivity index (χ3n) is 2.48. The standard InChI is InChI=1S/C14H21NO2/c1-3-5-10-15-11-14(16)12-6-8-13(9-7-12)17-4-2/h6-9,15H,3-5,10-11H2,1-2H3. The second kappa shape index (κ2) is 7.85. The molecule has 3 nitrogen and oxygen atoms in total. The first kappa shape index (κ1) is 13.7. The average Bonchev–Trinajstić information content (AvgIpc) is 2.36. The molecule has 1 rings (SSSR count). The van der Waals surface area contributed by atoms with Crippen LogP contribution in [0.4, 0.5) is 0 Å². The molecule has 1 N–H and O–H groups in total. The monoisotopic (exact) mass is 235 g/mol. The van der Waals surface area contributed by atoms with Gasteiger partial charge in [-0.1, -0.05) is 13.3 Å². The number of nitrogens with one attached hydrogen (secondary N) is 1. The fourth-order valence-electron chi connectivity index (χ4n) is 1.51. The molecule has 0 bridgehead atoms. The van der Waals surface area contributed by atoms with Crippen LogP contribution in [-0.4, -0.2) is 25.5 Å². The van der Waals surface area contributed by atoms with Crippen LogP contribution >= 0.6 is 0 Å². The molecule has 94 valence electrons. The first-order valence-corrected chi connectivity index (χ1v) is 6.24. The third kappa shape index (κ3) is 5.00. The van der Waals surface area contributed by atoms with Crippen LogP contribution in [0.25, 0.3) is 0 Å². The summed E-state index contributed by atoms with van der Waals surface area (Å²) in [6.07, 6.45) is 2.25. The maximum atomic E-state index is 11.8. The van der Waals surface area contributed by atoms with Crippen LogP contribution in [0.3, 0.4) is 0 Å². The first-order chi connectivity index (χ1) is 8.27. The molecule has 0 aliphatic carbocycles. The van der Waals surface area contributed by atoms with E-state index >= 15 is 0 Å². The Morgan fingerprint density at radius 1 is 1.24 bits per heavy atom. The molecule has 0 aliphatic heterocycles. The fourth-order valence-corrected chi connectivity index (χ4v) is 1.51. The Bertz CT molecular complexity index is 333. The van der Waals surface area contributed by atoms with Crippen LogP contribution in [0.1, 0.15) is 37.0 Å². The zero-order chi connectivity index (χ0) is 12.5. The zero-order valence-corrected chi connectivity index (χ0v) is 10.7. The van der Waals surface area contributed by atoms with E-state index in [9.17, 15) is 4.79 Å². The molecule has 0 saturated heterocycles. The lowest BCUT2D eigenvalue weighted by Crippen LogP contribution is -2.23. The molecule has 0 unspecified atom stereocenters. The van der Waals surface area contributed by atoms with E-state index in [-0.39, 0.29) is 5.78 Å². The topological polar surface area (TPSA) is 38.3 Å². The van der Waals surface area contributed by atoms with E-state index in [1.165, 1.54) is 0 Å². The molecule has 0 amide bonds. The molecule has 0 aromatic heterocycles. The highest BCUT2D eigenvalue weighted by atomic mass is 16.5. The predicted octanol–water partition coefficient (Wildman–Crippen LogP) is 2.66. The Hall–Kier alpha value is -1.35. The van der Waals surface area contributed by atoms with E-state index in [4.69, 9.17) is 4.74 Å². The van der Waals surface area contributed by atoms with E-state index < -0.39 is 0 Å². The zero-order valence-electron chi connectivity index (χ0n) is 10.7.